The molecule has 1 unspecified atom stereocenters. The number of rotatable bonds is 2. The van der Waals surface area contributed by atoms with Crippen molar-refractivity contribution in [3.63, 3.8) is 0 Å². The molecule has 0 amide bonds. The molecule has 0 saturated carbocycles. The molecule has 1 heteroatoms. The second-order valence-electron chi connectivity index (χ2n) is 4.96. The first-order valence-electron chi connectivity index (χ1n) is 5.13. The van der Waals surface area contributed by atoms with Crippen molar-refractivity contribution >= 4 is 0 Å². The molecule has 14 heavy (non-hydrogen) atoms. The molecule has 1 atom stereocenters. The van der Waals surface area contributed by atoms with Crippen molar-refractivity contribution in [1.82, 2.24) is 0 Å². The molecule has 0 radical (unpaired) electrons. The maximum absolute atomic E-state index is 9.44. The summed E-state index contributed by atoms with van der Waals surface area (Å²) in [6.07, 6.45) is 0. The van der Waals surface area contributed by atoms with Crippen LogP contribution in [0.2, 0.25) is 0 Å². The van der Waals surface area contributed by atoms with Crippen molar-refractivity contribution in [2.75, 3.05) is 6.61 Å². The third kappa shape index (κ3) is 2.36. The van der Waals surface area contributed by atoms with Crippen molar-refractivity contribution in [2.24, 2.45) is 5.41 Å². The molecule has 1 aromatic carbocycles. The number of aryl methyl sites for hydroxylation is 1. The zero-order chi connectivity index (χ0) is 10.8. The zero-order valence-electron chi connectivity index (χ0n) is 9.54. The van der Waals surface area contributed by atoms with Crippen LogP contribution in [-0.2, 0) is 0 Å². The Hall–Kier alpha value is -0.820. The molecule has 0 aliphatic heterocycles. The fraction of sp³-hybridized carbons (Fsp3) is 0.538. The summed E-state index contributed by atoms with van der Waals surface area (Å²) in [6, 6.07) is 8.29. The summed E-state index contributed by atoms with van der Waals surface area (Å²) >= 11 is 0. The molecular formula is C13H20O. The van der Waals surface area contributed by atoms with Crippen molar-refractivity contribution < 1.29 is 5.11 Å². The van der Waals surface area contributed by atoms with Crippen LogP contribution in [0.1, 0.15) is 37.8 Å². The fourth-order valence-corrected chi connectivity index (χ4v) is 1.82. The van der Waals surface area contributed by atoms with E-state index in [1.54, 1.807) is 0 Å². The molecule has 0 spiro atoms. The van der Waals surface area contributed by atoms with Crippen LogP contribution in [0.15, 0.2) is 24.3 Å². The van der Waals surface area contributed by atoms with Gasteiger partial charge in [-0.15, -0.1) is 0 Å². The van der Waals surface area contributed by atoms with Crippen LogP contribution in [0.4, 0.5) is 0 Å². The van der Waals surface area contributed by atoms with Gasteiger partial charge in [-0.05, 0) is 23.5 Å². The van der Waals surface area contributed by atoms with Gasteiger partial charge in [0.15, 0.2) is 0 Å². The van der Waals surface area contributed by atoms with Gasteiger partial charge in [0.1, 0.15) is 0 Å². The van der Waals surface area contributed by atoms with Gasteiger partial charge in [0, 0.05) is 5.92 Å². The van der Waals surface area contributed by atoms with E-state index in [-0.39, 0.29) is 17.9 Å². The van der Waals surface area contributed by atoms with E-state index in [2.05, 4.69) is 39.8 Å². The van der Waals surface area contributed by atoms with Gasteiger partial charge >= 0.3 is 0 Å². The molecule has 0 fully saturated rings. The molecule has 1 aromatic rings. The summed E-state index contributed by atoms with van der Waals surface area (Å²) in [6.45, 7) is 8.82. The van der Waals surface area contributed by atoms with Gasteiger partial charge in [0.2, 0.25) is 0 Å². The maximum atomic E-state index is 9.44. The van der Waals surface area contributed by atoms with Gasteiger partial charge in [0.05, 0.1) is 6.61 Å². The van der Waals surface area contributed by atoms with Gasteiger partial charge in [-0.25, -0.2) is 0 Å². The SMILES string of the molecule is Cc1ccccc1C(CO)C(C)(C)C. The van der Waals surface area contributed by atoms with Crippen LogP contribution in [0.3, 0.4) is 0 Å². The Bertz CT molecular complexity index is 296. The second kappa shape index (κ2) is 4.14. The molecule has 0 aromatic heterocycles. The molecule has 78 valence electrons. The lowest BCUT2D eigenvalue weighted by Gasteiger charge is -2.30. The van der Waals surface area contributed by atoms with Crippen LogP contribution < -0.4 is 0 Å². The first-order chi connectivity index (χ1) is 6.46. The van der Waals surface area contributed by atoms with Crippen molar-refractivity contribution in [2.45, 2.75) is 33.6 Å². The molecule has 0 aliphatic carbocycles. The van der Waals surface area contributed by atoms with Crippen LogP contribution in [0.5, 0.6) is 0 Å². The third-order valence-corrected chi connectivity index (χ3v) is 2.79. The highest BCUT2D eigenvalue weighted by Gasteiger charge is 2.26. The average Bonchev–Trinajstić information content (AvgIpc) is 2.07. The van der Waals surface area contributed by atoms with Crippen molar-refractivity contribution in [3.8, 4) is 0 Å². The molecule has 0 saturated heterocycles. The Morgan fingerprint density at radius 1 is 1.21 bits per heavy atom. The van der Waals surface area contributed by atoms with Crippen LogP contribution in [-0.4, -0.2) is 11.7 Å². The molecule has 0 heterocycles. The number of aliphatic hydroxyl groups is 1. The van der Waals surface area contributed by atoms with Crippen molar-refractivity contribution in [3.05, 3.63) is 35.4 Å². The van der Waals surface area contributed by atoms with E-state index in [1.165, 1.54) is 11.1 Å². The monoisotopic (exact) mass is 192 g/mol. The minimum Gasteiger partial charge on any atom is -0.396 e. The lowest BCUT2D eigenvalue weighted by atomic mass is 9.76. The lowest BCUT2D eigenvalue weighted by molar-refractivity contribution is 0.186. The van der Waals surface area contributed by atoms with Crippen LogP contribution >= 0.6 is 0 Å². The Morgan fingerprint density at radius 2 is 1.79 bits per heavy atom. The number of aliphatic hydroxyl groups excluding tert-OH is 1. The highest BCUT2D eigenvalue weighted by molar-refractivity contribution is 5.30. The minimum absolute atomic E-state index is 0.112. The van der Waals surface area contributed by atoms with E-state index in [1.807, 2.05) is 12.1 Å². The molecule has 1 rings (SSSR count). The number of benzene rings is 1. The van der Waals surface area contributed by atoms with E-state index in [0.717, 1.165) is 0 Å². The maximum Gasteiger partial charge on any atom is 0.0504 e. The van der Waals surface area contributed by atoms with Gasteiger partial charge in [-0.2, -0.15) is 0 Å². The minimum atomic E-state index is 0.112. The van der Waals surface area contributed by atoms with Gasteiger partial charge in [0.25, 0.3) is 0 Å². The summed E-state index contributed by atoms with van der Waals surface area (Å²) in [7, 11) is 0. The quantitative estimate of drug-likeness (QED) is 0.763. The molecular weight excluding hydrogens is 172 g/mol. The summed E-state index contributed by atoms with van der Waals surface area (Å²) in [5.74, 6) is 0.226. The van der Waals surface area contributed by atoms with Gasteiger partial charge in [-0.3, -0.25) is 0 Å². The molecule has 0 aliphatic rings. The Labute approximate surface area is 86.8 Å². The fourth-order valence-electron chi connectivity index (χ4n) is 1.82. The number of hydrogen-bond acceptors (Lipinski definition) is 1. The normalized spacial score (nSPS) is 14.1. The molecule has 0 bridgehead atoms. The number of hydrogen-bond donors (Lipinski definition) is 1. The second-order valence-corrected chi connectivity index (χ2v) is 4.96. The largest absolute Gasteiger partial charge is 0.396 e. The van der Waals surface area contributed by atoms with Gasteiger partial charge < -0.3 is 5.11 Å². The van der Waals surface area contributed by atoms with E-state index in [0.29, 0.717) is 0 Å². The topological polar surface area (TPSA) is 20.2 Å². The standard InChI is InChI=1S/C13H20O/c1-10-7-5-6-8-11(10)12(9-14)13(2,3)4/h5-8,12,14H,9H2,1-4H3. The smallest absolute Gasteiger partial charge is 0.0504 e. The predicted octanol–water partition coefficient (Wildman–Crippen LogP) is 3.12. The average molecular weight is 192 g/mol. The van der Waals surface area contributed by atoms with E-state index in [4.69, 9.17) is 0 Å². The lowest BCUT2D eigenvalue weighted by Crippen LogP contribution is -2.22. The molecule has 1 N–H and O–H groups in total. The summed E-state index contributed by atoms with van der Waals surface area (Å²) in [5.41, 5.74) is 2.64. The summed E-state index contributed by atoms with van der Waals surface area (Å²) < 4.78 is 0. The first-order valence-corrected chi connectivity index (χ1v) is 5.13. The Kier molecular flexibility index (Phi) is 3.33. The van der Waals surface area contributed by atoms with E-state index >= 15 is 0 Å². The summed E-state index contributed by atoms with van der Waals surface area (Å²) in [4.78, 5) is 0. The van der Waals surface area contributed by atoms with Crippen molar-refractivity contribution in [1.29, 1.82) is 0 Å². The highest BCUT2D eigenvalue weighted by Crippen LogP contribution is 2.35. The van der Waals surface area contributed by atoms with Gasteiger partial charge in [-0.1, -0.05) is 45.0 Å². The molecule has 1 nitrogen and oxygen atoms in total. The third-order valence-electron chi connectivity index (χ3n) is 2.79. The predicted molar refractivity (Wildman–Crippen MR) is 60.5 cm³/mol. The Balaban J connectivity index is 3.08. The van der Waals surface area contributed by atoms with E-state index in [9.17, 15) is 5.11 Å². The van der Waals surface area contributed by atoms with E-state index < -0.39 is 0 Å². The van der Waals surface area contributed by atoms with Crippen LogP contribution in [0, 0.1) is 12.3 Å². The highest BCUT2D eigenvalue weighted by atomic mass is 16.3. The zero-order valence-corrected chi connectivity index (χ0v) is 9.54. The Morgan fingerprint density at radius 3 is 2.21 bits per heavy atom. The summed E-state index contributed by atoms with van der Waals surface area (Å²) in [5, 5.41) is 9.44. The van der Waals surface area contributed by atoms with Crippen LogP contribution in [0.25, 0.3) is 0 Å². The first kappa shape index (κ1) is 11.3.